The third-order valence-electron chi connectivity index (χ3n) is 2.57. The highest BCUT2D eigenvalue weighted by Gasteiger charge is 2.24. The van der Waals surface area contributed by atoms with E-state index in [1.54, 1.807) is 18.2 Å². The minimum atomic E-state index is -0.402. The van der Waals surface area contributed by atoms with Gasteiger partial charge in [0.1, 0.15) is 11.9 Å². The SMILES string of the molecule is CCOC1=CC(=O)OC(c2ccc(Cl)c(Cl)c2)C1. The molecule has 0 fully saturated rings. The van der Waals surface area contributed by atoms with Gasteiger partial charge in [0.05, 0.1) is 22.7 Å². The summed E-state index contributed by atoms with van der Waals surface area (Å²) < 4.78 is 10.6. The summed E-state index contributed by atoms with van der Waals surface area (Å²) in [5, 5.41) is 0.917. The zero-order valence-corrected chi connectivity index (χ0v) is 11.3. The predicted octanol–water partition coefficient (Wildman–Crippen LogP) is 3.90. The first-order chi connectivity index (χ1) is 8.60. The van der Waals surface area contributed by atoms with Crippen molar-refractivity contribution in [3.8, 4) is 0 Å². The van der Waals surface area contributed by atoms with E-state index in [2.05, 4.69) is 0 Å². The standard InChI is InChI=1S/C13H12Cl2O3/c1-2-17-9-6-12(18-13(16)7-9)8-3-4-10(14)11(15)5-8/h3-5,7,12H,2,6H2,1H3. The van der Waals surface area contributed by atoms with Crippen LogP contribution in [0.25, 0.3) is 0 Å². The Bertz CT molecular complexity index is 497. The number of cyclic esters (lactones) is 1. The number of carbonyl (C=O) groups excluding carboxylic acids is 1. The van der Waals surface area contributed by atoms with E-state index in [0.29, 0.717) is 28.8 Å². The van der Waals surface area contributed by atoms with E-state index in [1.807, 2.05) is 6.92 Å². The molecule has 0 spiro atoms. The number of carbonyl (C=O) groups is 1. The third kappa shape index (κ3) is 2.98. The second-order valence-corrected chi connectivity index (χ2v) is 4.66. The van der Waals surface area contributed by atoms with Crippen molar-refractivity contribution in [2.45, 2.75) is 19.4 Å². The average Bonchev–Trinajstić information content (AvgIpc) is 2.32. The number of benzene rings is 1. The van der Waals surface area contributed by atoms with E-state index in [0.717, 1.165) is 5.56 Å². The molecule has 1 aliphatic rings. The van der Waals surface area contributed by atoms with Crippen LogP contribution in [0, 0.1) is 0 Å². The normalized spacial score (nSPS) is 19.2. The minimum absolute atomic E-state index is 0.376. The molecule has 1 atom stereocenters. The molecule has 18 heavy (non-hydrogen) atoms. The summed E-state index contributed by atoms with van der Waals surface area (Å²) in [4.78, 5) is 11.4. The van der Waals surface area contributed by atoms with Gasteiger partial charge in [0, 0.05) is 6.42 Å². The Hall–Kier alpha value is -1.19. The van der Waals surface area contributed by atoms with Gasteiger partial charge in [-0.1, -0.05) is 29.3 Å². The van der Waals surface area contributed by atoms with Gasteiger partial charge in [0.15, 0.2) is 0 Å². The van der Waals surface area contributed by atoms with Crippen LogP contribution in [-0.4, -0.2) is 12.6 Å². The zero-order valence-electron chi connectivity index (χ0n) is 9.78. The van der Waals surface area contributed by atoms with Crippen LogP contribution in [0.15, 0.2) is 30.0 Å². The van der Waals surface area contributed by atoms with Crippen molar-refractivity contribution in [1.29, 1.82) is 0 Å². The molecular weight excluding hydrogens is 275 g/mol. The Morgan fingerprint density at radius 1 is 1.39 bits per heavy atom. The minimum Gasteiger partial charge on any atom is -0.498 e. The van der Waals surface area contributed by atoms with Gasteiger partial charge in [-0.3, -0.25) is 0 Å². The number of ether oxygens (including phenoxy) is 2. The Morgan fingerprint density at radius 2 is 2.17 bits per heavy atom. The van der Waals surface area contributed by atoms with Crippen LogP contribution >= 0.6 is 23.2 Å². The molecule has 1 unspecified atom stereocenters. The Morgan fingerprint density at radius 3 is 2.83 bits per heavy atom. The average molecular weight is 287 g/mol. The van der Waals surface area contributed by atoms with E-state index in [4.69, 9.17) is 32.7 Å². The van der Waals surface area contributed by atoms with E-state index >= 15 is 0 Å². The van der Waals surface area contributed by atoms with Gasteiger partial charge in [-0.25, -0.2) is 4.79 Å². The lowest BCUT2D eigenvalue weighted by molar-refractivity contribution is -0.145. The Balaban J connectivity index is 2.21. The van der Waals surface area contributed by atoms with Crippen molar-refractivity contribution in [3.05, 3.63) is 45.6 Å². The van der Waals surface area contributed by atoms with Crippen molar-refractivity contribution in [1.82, 2.24) is 0 Å². The Labute approximate surface area is 115 Å². The Kier molecular flexibility index (Phi) is 4.15. The lowest BCUT2D eigenvalue weighted by Gasteiger charge is -2.23. The summed E-state index contributed by atoms with van der Waals surface area (Å²) in [5.74, 6) is 0.227. The largest absolute Gasteiger partial charge is 0.498 e. The van der Waals surface area contributed by atoms with Crippen LogP contribution in [0.3, 0.4) is 0 Å². The van der Waals surface area contributed by atoms with E-state index in [9.17, 15) is 4.79 Å². The van der Waals surface area contributed by atoms with Crippen LogP contribution in [0.4, 0.5) is 0 Å². The van der Waals surface area contributed by atoms with E-state index in [-0.39, 0.29) is 6.10 Å². The lowest BCUT2D eigenvalue weighted by Crippen LogP contribution is -2.17. The van der Waals surface area contributed by atoms with Crippen LogP contribution in [-0.2, 0) is 14.3 Å². The molecule has 0 amide bonds. The maximum absolute atomic E-state index is 11.4. The van der Waals surface area contributed by atoms with Crippen molar-refractivity contribution in [2.24, 2.45) is 0 Å². The first kappa shape index (κ1) is 13.2. The number of halogens is 2. The molecule has 2 rings (SSSR count). The predicted molar refractivity (Wildman–Crippen MR) is 69.6 cm³/mol. The number of esters is 1. The van der Waals surface area contributed by atoms with Gasteiger partial charge in [0.2, 0.25) is 0 Å². The monoisotopic (exact) mass is 286 g/mol. The second kappa shape index (κ2) is 5.63. The van der Waals surface area contributed by atoms with Gasteiger partial charge in [-0.2, -0.15) is 0 Å². The summed E-state index contributed by atoms with van der Waals surface area (Å²) in [5.41, 5.74) is 0.808. The topological polar surface area (TPSA) is 35.5 Å². The van der Waals surface area contributed by atoms with Gasteiger partial charge in [-0.05, 0) is 24.6 Å². The summed E-state index contributed by atoms with van der Waals surface area (Å²) in [7, 11) is 0. The molecule has 0 N–H and O–H groups in total. The quantitative estimate of drug-likeness (QED) is 0.791. The zero-order chi connectivity index (χ0) is 13.1. The van der Waals surface area contributed by atoms with Crippen LogP contribution in [0.2, 0.25) is 10.0 Å². The first-order valence-corrected chi connectivity index (χ1v) is 6.34. The van der Waals surface area contributed by atoms with Crippen LogP contribution in [0.1, 0.15) is 25.0 Å². The highest BCUT2D eigenvalue weighted by atomic mass is 35.5. The summed E-state index contributed by atoms with van der Waals surface area (Å²) in [6.45, 7) is 2.39. The molecule has 0 saturated carbocycles. The van der Waals surface area contributed by atoms with Gasteiger partial charge >= 0.3 is 5.97 Å². The molecule has 1 heterocycles. The van der Waals surface area contributed by atoms with Gasteiger partial charge < -0.3 is 9.47 Å². The van der Waals surface area contributed by atoms with Gasteiger partial charge in [0.25, 0.3) is 0 Å². The fraction of sp³-hybridized carbons (Fsp3) is 0.308. The second-order valence-electron chi connectivity index (χ2n) is 3.85. The maximum atomic E-state index is 11.4. The third-order valence-corrected chi connectivity index (χ3v) is 3.31. The summed E-state index contributed by atoms with van der Waals surface area (Å²) >= 11 is 11.8. The highest BCUT2D eigenvalue weighted by Crippen LogP contribution is 2.33. The molecule has 3 nitrogen and oxygen atoms in total. The molecule has 1 aromatic rings. The molecule has 0 aromatic heterocycles. The first-order valence-electron chi connectivity index (χ1n) is 5.59. The highest BCUT2D eigenvalue weighted by molar-refractivity contribution is 6.42. The summed E-state index contributed by atoms with van der Waals surface area (Å²) in [6, 6.07) is 5.18. The molecular formula is C13H12Cl2O3. The van der Waals surface area contributed by atoms with Crippen molar-refractivity contribution >= 4 is 29.2 Å². The molecule has 0 bridgehead atoms. The number of hydrogen-bond donors (Lipinski definition) is 0. The van der Waals surface area contributed by atoms with E-state index < -0.39 is 5.97 Å². The molecule has 0 radical (unpaired) electrons. The maximum Gasteiger partial charge on any atom is 0.334 e. The van der Waals surface area contributed by atoms with Crippen LogP contribution < -0.4 is 0 Å². The number of hydrogen-bond acceptors (Lipinski definition) is 3. The summed E-state index contributed by atoms with van der Waals surface area (Å²) in [6.07, 6.45) is 1.51. The number of rotatable bonds is 3. The molecule has 5 heteroatoms. The lowest BCUT2D eigenvalue weighted by atomic mass is 10.0. The molecule has 0 aliphatic carbocycles. The molecule has 1 aromatic carbocycles. The fourth-order valence-electron chi connectivity index (χ4n) is 1.77. The van der Waals surface area contributed by atoms with Gasteiger partial charge in [-0.15, -0.1) is 0 Å². The molecule has 0 saturated heterocycles. The van der Waals surface area contributed by atoms with Crippen molar-refractivity contribution < 1.29 is 14.3 Å². The van der Waals surface area contributed by atoms with Crippen molar-refractivity contribution in [3.63, 3.8) is 0 Å². The smallest absolute Gasteiger partial charge is 0.334 e. The van der Waals surface area contributed by atoms with Crippen molar-refractivity contribution in [2.75, 3.05) is 6.61 Å². The van der Waals surface area contributed by atoms with E-state index in [1.165, 1.54) is 6.08 Å². The van der Waals surface area contributed by atoms with Crippen LogP contribution in [0.5, 0.6) is 0 Å². The molecule has 96 valence electrons. The fourth-order valence-corrected chi connectivity index (χ4v) is 2.08. The molecule has 1 aliphatic heterocycles.